The molecule has 1 saturated heterocycles. The number of aryl methyl sites for hydroxylation is 2. The van der Waals surface area contributed by atoms with Gasteiger partial charge in [-0.05, 0) is 50.3 Å². The lowest BCUT2D eigenvalue weighted by molar-refractivity contribution is 0.322. The lowest BCUT2D eigenvalue weighted by Crippen LogP contribution is -2.37. The molecule has 184 valence electrons. The number of pyridine rings is 1. The second-order valence-electron chi connectivity index (χ2n) is 9.05. The SMILES string of the molecule is COc1cc(Nc2nc3c(C4CCN(S(C)(=O)=O)CC4)cc(C)cn3n2)ccc1-n1cnc(C)c1. The van der Waals surface area contributed by atoms with Crippen LogP contribution in [0.15, 0.2) is 43.0 Å². The van der Waals surface area contributed by atoms with Crippen molar-refractivity contribution in [1.82, 2.24) is 28.5 Å². The zero-order chi connectivity index (χ0) is 24.7. The lowest BCUT2D eigenvalue weighted by Gasteiger charge is -2.30. The minimum Gasteiger partial charge on any atom is -0.494 e. The van der Waals surface area contributed by atoms with Crippen LogP contribution in [0, 0.1) is 13.8 Å². The number of nitrogens with zero attached hydrogens (tertiary/aromatic N) is 6. The maximum Gasteiger partial charge on any atom is 0.247 e. The van der Waals surface area contributed by atoms with E-state index in [1.165, 1.54) is 6.26 Å². The van der Waals surface area contributed by atoms with Gasteiger partial charge in [0, 0.05) is 42.8 Å². The maximum absolute atomic E-state index is 11.9. The summed E-state index contributed by atoms with van der Waals surface area (Å²) in [6, 6.07) is 7.96. The number of hydrogen-bond acceptors (Lipinski definition) is 7. The van der Waals surface area contributed by atoms with Gasteiger partial charge in [0.1, 0.15) is 5.75 Å². The summed E-state index contributed by atoms with van der Waals surface area (Å²) in [7, 11) is -1.52. The highest BCUT2D eigenvalue weighted by Gasteiger charge is 2.28. The van der Waals surface area contributed by atoms with Crippen molar-refractivity contribution in [2.45, 2.75) is 32.6 Å². The predicted octanol–water partition coefficient (Wildman–Crippen LogP) is 3.42. The van der Waals surface area contributed by atoms with Gasteiger partial charge in [-0.3, -0.25) is 0 Å². The highest BCUT2D eigenvalue weighted by molar-refractivity contribution is 7.88. The molecule has 35 heavy (non-hydrogen) atoms. The van der Waals surface area contributed by atoms with Crippen LogP contribution in [0.5, 0.6) is 5.75 Å². The van der Waals surface area contributed by atoms with Crippen LogP contribution in [0.2, 0.25) is 0 Å². The highest BCUT2D eigenvalue weighted by atomic mass is 32.2. The molecule has 0 aliphatic carbocycles. The molecule has 1 aliphatic rings. The molecule has 0 bridgehead atoms. The first-order chi connectivity index (χ1) is 16.7. The van der Waals surface area contributed by atoms with Gasteiger partial charge in [-0.15, -0.1) is 5.10 Å². The molecule has 5 rings (SSSR count). The first kappa shape index (κ1) is 23.3. The third kappa shape index (κ3) is 4.73. The molecule has 0 radical (unpaired) electrons. The Balaban J connectivity index is 1.42. The number of anilines is 2. The van der Waals surface area contributed by atoms with Crippen molar-refractivity contribution < 1.29 is 13.2 Å². The Morgan fingerprint density at radius 3 is 2.54 bits per heavy atom. The number of sulfonamides is 1. The number of nitrogens with one attached hydrogen (secondary N) is 1. The van der Waals surface area contributed by atoms with E-state index in [1.807, 2.05) is 49.0 Å². The Kier molecular flexibility index (Phi) is 5.97. The van der Waals surface area contributed by atoms with Crippen LogP contribution in [-0.2, 0) is 10.0 Å². The molecule has 0 unspecified atom stereocenters. The number of ether oxygens (including phenoxy) is 1. The Morgan fingerprint density at radius 2 is 1.89 bits per heavy atom. The summed E-state index contributed by atoms with van der Waals surface area (Å²) in [5, 5.41) is 7.94. The van der Waals surface area contributed by atoms with Gasteiger partial charge >= 0.3 is 0 Å². The van der Waals surface area contributed by atoms with Crippen molar-refractivity contribution >= 4 is 27.3 Å². The molecular formula is C24H29N7O3S. The minimum absolute atomic E-state index is 0.227. The van der Waals surface area contributed by atoms with Crippen molar-refractivity contribution in [2.24, 2.45) is 0 Å². The van der Waals surface area contributed by atoms with E-state index >= 15 is 0 Å². The van der Waals surface area contributed by atoms with Crippen molar-refractivity contribution in [1.29, 1.82) is 0 Å². The monoisotopic (exact) mass is 495 g/mol. The average molecular weight is 496 g/mol. The third-order valence-electron chi connectivity index (χ3n) is 6.39. The van der Waals surface area contributed by atoms with Crippen LogP contribution >= 0.6 is 0 Å². The van der Waals surface area contributed by atoms with Gasteiger partial charge in [0.15, 0.2) is 5.65 Å². The molecule has 0 saturated carbocycles. The standard InChI is InChI=1S/C24H29N7O3S/c1-16-11-20(18-7-9-30(10-8-18)35(4,32)33)23-27-24(28-31(23)13-16)26-19-5-6-21(22(12-19)34-3)29-14-17(2)25-15-29/h5-6,11-15,18H,7-10H2,1-4H3,(H,26,28). The fourth-order valence-electron chi connectivity index (χ4n) is 4.65. The normalized spacial score (nSPS) is 15.5. The zero-order valence-corrected chi connectivity index (χ0v) is 21.1. The van der Waals surface area contributed by atoms with Gasteiger partial charge < -0.3 is 14.6 Å². The van der Waals surface area contributed by atoms with Gasteiger partial charge in [-0.25, -0.2) is 22.2 Å². The summed E-state index contributed by atoms with van der Waals surface area (Å²) in [6.45, 7) is 5.01. The quantitative estimate of drug-likeness (QED) is 0.437. The number of imidazole rings is 1. The number of fused-ring (bicyclic) bond motifs is 1. The summed E-state index contributed by atoms with van der Waals surface area (Å²) in [5.74, 6) is 1.41. The van der Waals surface area contributed by atoms with Crippen LogP contribution in [-0.4, -0.2) is 63.3 Å². The van der Waals surface area contributed by atoms with Crippen LogP contribution in [0.4, 0.5) is 11.6 Å². The van der Waals surface area contributed by atoms with Crippen LogP contribution in [0.1, 0.15) is 35.6 Å². The van der Waals surface area contributed by atoms with E-state index in [9.17, 15) is 8.42 Å². The lowest BCUT2D eigenvalue weighted by atomic mass is 9.90. The average Bonchev–Trinajstić information content (AvgIpc) is 3.43. The van der Waals surface area contributed by atoms with E-state index in [0.29, 0.717) is 24.8 Å². The second kappa shape index (κ2) is 8.97. The van der Waals surface area contributed by atoms with Crippen LogP contribution < -0.4 is 10.1 Å². The summed E-state index contributed by atoms with van der Waals surface area (Å²) < 4.78 is 34.7. The minimum atomic E-state index is -3.16. The molecule has 1 aliphatic heterocycles. The maximum atomic E-state index is 11.9. The Morgan fingerprint density at radius 1 is 1.11 bits per heavy atom. The molecule has 0 amide bonds. The predicted molar refractivity (Wildman–Crippen MR) is 134 cm³/mol. The van der Waals surface area contributed by atoms with E-state index in [0.717, 1.165) is 46.7 Å². The molecular weight excluding hydrogens is 466 g/mol. The molecule has 10 nitrogen and oxygen atoms in total. The number of methoxy groups -OCH3 is 1. The van der Waals surface area contributed by atoms with E-state index in [4.69, 9.17) is 9.72 Å². The van der Waals surface area contributed by atoms with Gasteiger partial charge in [0.05, 0.1) is 31.1 Å². The Hall–Kier alpha value is -3.44. The molecule has 1 aromatic carbocycles. The van der Waals surface area contributed by atoms with E-state index < -0.39 is 10.0 Å². The van der Waals surface area contributed by atoms with Crippen molar-refractivity contribution in [2.75, 3.05) is 31.8 Å². The fourth-order valence-corrected chi connectivity index (χ4v) is 5.53. The molecule has 3 aromatic heterocycles. The zero-order valence-electron chi connectivity index (χ0n) is 20.3. The number of hydrogen-bond donors (Lipinski definition) is 1. The number of rotatable bonds is 6. The van der Waals surface area contributed by atoms with E-state index in [2.05, 4.69) is 21.5 Å². The molecule has 4 heterocycles. The summed E-state index contributed by atoms with van der Waals surface area (Å²) in [6.07, 6.45) is 8.44. The summed E-state index contributed by atoms with van der Waals surface area (Å²) >= 11 is 0. The summed E-state index contributed by atoms with van der Waals surface area (Å²) in [5.41, 5.74) is 5.58. The fraction of sp³-hybridized carbons (Fsp3) is 0.375. The molecule has 0 atom stereocenters. The molecule has 1 N–H and O–H groups in total. The van der Waals surface area contributed by atoms with Crippen molar-refractivity contribution in [3.63, 3.8) is 0 Å². The van der Waals surface area contributed by atoms with Gasteiger partial charge in [0.2, 0.25) is 16.0 Å². The second-order valence-corrected chi connectivity index (χ2v) is 11.0. The van der Waals surface area contributed by atoms with Crippen LogP contribution in [0.25, 0.3) is 11.3 Å². The highest BCUT2D eigenvalue weighted by Crippen LogP contribution is 2.33. The Labute approximate surface area is 204 Å². The largest absolute Gasteiger partial charge is 0.494 e. The number of piperidine rings is 1. The van der Waals surface area contributed by atoms with Crippen molar-refractivity contribution in [3.8, 4) is 11.4 Å². The van der Waals surface area contributed by atoms with E-state index in [1.54, 1.807) is 22.3 Å². The number of benzene rings is 1. The van der Waals surface area contributed by atoms with Crippen molar-refractivity contribution in [3.05, 3.63) is 59.8 Å². The first-order valence-corrected chi connectivity index (χ1v) is 13.3. The smallest absolute Gasteiger partial charge is 0.247 e. The first-order valence-electron chi connectivity index (χ1n) is 11.5. The van der Waals surface area contributed by atoms with Gasteiger partial charge in [-0.1, -0.05) is 6.07 Å². The van der Waals surface area contributed by atoms with Gasteiger partial charge in [-0.2, -0.15) is 4.98 Å². The topological polar surface area (TPSA) is 107 Å². The molecule has 0 spiro atoms. The van der Waals surface area contributed by atoms with Gasteiger partial charge in [0.25, 0.3) is 0 Å². The third-order valence-corrected chi connectivity index (χ3v) is 7.69. The van der Waals surface area contributed by atoms with Crippen LogP contribution in [0.3, 0.4) is 0 Å². The molecule has 11 heteroatoms. The molecule has 4 aromatic rings. The Bertz CT molecular complexity index is 1480. The van der Waals surface area contributed by atoms with E-state index in [-0.39, 0.29) is 5.92 Å². The number of aromatic nitrogens is 5. The molecule has 1 fully saturated rings. The summed E-state index contributed by atoms with van der Waals surface area (Å²) in [4.78, 5) is 9.07.